The zero-order chi connectivity index (χ0) is 24.4. The van der Waals surface area contributed by atoms with Crippen molar-refractivity contribution in [2.75, 3.05) is 36.1 Å². The normalized spacial score (nSPS) is 14.0. The number of amides is 1. The molecule has 180 valence electrons. The number of thiazole rings is 1. The van der Waals surface area contributed by atoms with Crippen molar-refractivity contribution in [2.24, 2.45) is 0 Å². The highest BCUT2D eigenvalue weighted by Crippen LogP contribution is 2.34. The fourth-order valence-corrected chi connectivity index (χ4v) is 5.37. The number of benzene rings is 2. The Kier molecular flexibility index (Phi) is 6.61. The molecule has 0 bridgehead atoms. The third-order valence-corrected chi connectivity index (χ3v) is 7.04. The van der Waals surface area contributed by atoms with Crippen LogP contribution in [0.4, 0.5) is 10.8 Å². The molecule has 1 aliphatic rings. The van der Waals surface area contributed by atoms with E-state index in [2.05, 4.69) is 10.00 Å². The fraction of sp³-hybridized carbons (Fsp3) is 0.308. The van der Waals surface area contributed by atoms with E-state index in [1.807, 2.05) is 74.5 Å². The number of rotatable bonds is 6. The van der Waals surface area contributed by atoms with Gasteiger partial charge in [0.05, 0.1) is 17.9 Å². The van der Waals surface area contributed by atoms with Gasteiger partial charge in [-0.05, 0) is 26.0 Å². The molecule has 35 heavy (non-hydrogen) atoms. The largest absolute Gasteiger partial charge is 0.378 e. The van der Waals surface area contributed by atoms with Crippen LogP contribution in [-0.2, 0) is 16.1 Å². The monoisotopic (exact) mass is 489 g/mol. The van der Waals surface area contributed by atoms with E-state index in [-0.39, 0.29) is 24.1 Å². The van der Waals surface area contributed by atoms with Gasteiger partial charge in [0, 0.05) is 30.4 Å². The molecule has 0 aliphatic carbocycles. The number of carbonyl (C=O) groups is 1. The quantitative estimate of drug-likeness (QED) is 0.410. The summed E-state index contributed by atoms with van der Waals surface area (Å²) < 4.78 is 7.46. The third-order valence-electron chi connectivity index (χ3n) is 5.92. The molecule has 0 N–H and O–H groups in total. The first-order valence-corrected chi connectivity index (χ1v) is 12.5. The summed E-state index contributed by atoms with van der Waals surface area (Å²) in [5.74, 6) is -0.206. The van der Waals surface area contributed by atoms with Gasteiger partial charge in [0.25, 0.3) is 5.56 Å². The van der Waals surface area contributed by atoms with Crippen LogP contribution in [0.3, 0.4) is 0 Å². The van der Waals surface area contributed by atoms with Gasteiger partial charge in [0.2, 0.25) is 5.91 Å². The Hall–Kier alpha value is -3.56. The van der Waals surface area contributed by atoms with E-state index >= 15 is 0 Å². The van der Waals surface area contributed by atoms with Crippen LogP contribution >= 0.6 is 11.3 Å². The van der Waals surface area contributed by atoms with Gasteiger partial charge in [0.15, 0.2) is 10.6 Å². The van der Waals surface area contributed by atoms with Crippen molar-refractivity contribution in [3.8, 4) is 11.3 Å². The zero-order valence-electron chi connectivity index (χ0n) is 19.8. The Bertz CT molecular complexity index is 1380. The molecule has 4 aromatic rings. The van der Waals surface area contributed by atoms with Crippen LogP contribution in [0.5, 0.6) is 0 Å². The highest BCUT2D eigenvalue weighted by atomic mass is 32.1. The molecule has 0 unspecified atom stereocenters. The number of hydrogen-bond donors (Lipinski definition) is 0. The topological polar surface area (TPSA) is 80.6 Å². The zero-order valence-corrected chi connectivity index (χ0v) is 20.6. The summed E-state index contributed by atoms with van der Waals surface area (Å²) >= 11 is 1.46. The molecule has 3 heterocycles. The van der Waals surface area contributed by atoms with Crippen molar-refractivity contribution in [1.82, 2.24) is 14.8 Å². The summed E-state index contributed by atoms with van der Waals surface area (Å²) in [6.45, 7) is 6.43. The lowest BCUT2D eigenvalue weighted by Crippen LogP contribution is -2.41. The number of morpholine rings is 1. The van der Waals surface area contributed by atoms with Crippen molar-refractivity contribution in [3.63, 3.8) is 0 Å². The lowest BCUT2D eigenvalue weighted by atomic mass is 10.1. The maximum Gasteiger partial charge on any atom is 0.294 e. The summed E-state index contributed by atoms with van der Waals surface area (Å²) in [4.78, 5) is 35.5. The lowest BCUT2D eigenvalue weighted by Gasteiger charge is -2.27. The number of carbonyl (C=O) groups excluding carboxylic acids is 1. The maximum absolute atomic E-state index is 13.5. The molecule has 1 fully saturated rings. The average molecular weight is 490 g/mol. The molecule has 9 heteroatoms. The molecule has 1 saturated heterocycles. The lowest BCUT2D eigenvalue weighted by molar-refractivity contribution is -0.119. The molecule has 8 nitrogen and oxygen atoms in total. The Morgan fingerprint density at radius 3 is 2.37 bits per heavy atom. The minimum absolute atomic E-state index is 0.0786. The van der Waals surface area contributed by atoms with Crippen molar-refractivity contribution in [3.05, 3.63) is 71.0 Å². The Balaban J connectivity index is 1.59. The van der Waals surface area contributed by atoms with E-state index in [0.717, 1.165) is 34.2 Å². The number of ether oxygens (including phenoxy) is 1. The minimum atomic E-state index is -0.361. The van der Waals surface area contributed by atoms with Crippen molar-refractivity contribution < 1.29 is 9.53 Å². The number of hydrogen-bond acceptors (Lipinski definition) is 7. The maximum atomic E-state index is 13.5. The number of anilines is 2. The van der Waals surface area contributed by atoms with Gasteiger partial charge in [0.1, 0.15) is 12.2 Å². The molecule has 0 radical (unpaired) electrons. The first-order valence-electron chi connectivity index (χ1n) is 11.7. The smallest absolute Gasteiger partial charge is 0.294 e. The standard InChI is InChI=1S/C26H27N5O3S/c1-18(2)31(20-11-7-4-8-12-20)21(32)17-30-25(33)23-24(22(28-30)19-9-5-3-6-10-19)35-26(27-23)29-13-15-34-16-14-29/h3-12,18H,13-17H2,1-2H3. The number of aromatic nitrogens is 3. The predicted octanol–water partition coefficient (Wildman–Crippen LogP) is 3.80. The predicted molar refractivity (Wildman–Crippen MR) is 139 cm³/mol. The summed E-state index contributed by atoms with van der Waals surface area (Å²) in [7, 11) is 0. The Morgan fingerprint density at radius 2 is 1.71 bits per heavy atom. The second-order valence-corrected chi connectivity index (χ2v) is 9.62. The molecule has 2 aromatic heterocycles. The molecule has 2 aromatic carbocycles. The summed E-state index contributed by atoms with van der Waals surface area (Å²) in [6.07, 6.45) is 0. The van der Waals surface area contributed by atoms with Crippen molar-refractivity contribution in [2.45, 2.75) is 26.4 Å². The van der Waals surface area contributed by atoms with E-state index in [9.17, 15) is 9.59 Å². The molecular formula is C26H27N5O3S. The van der Waals surface area contributed by atoms with Crippen LogP contribution < -0.4 is 15.4 Å². The highest BCUT2D eigenvalue weighted by molar-refractivity contribution is 7.22. The second-order valence-electron chi connectivity index (χ2n) is 8.64. The molecule has 0 atom stereocenters. The summed E-state index contributed by atoms with van der Waals surface area (Å²) in [5, 5.41) is 5.46. The third kappa shape index (κ3) is 4.69. The molecule has 1 amide bonds. The van der Waals surface area contributed by atoms with Gasteiger partial charge < -0.3 is 14.5 Å². The van der Waals surface area contributed by atoms with Crippen LogP contribution in [-0.4, -0.2) is 53.0 Å². The molecule has 5 rings (SSSR count). The second kappa shape index (κ2) is 9.97. The first-order chi connectivity index (χ1) is 17.0. The van der Waals surface area contributed by atoms with Gasteiger partial charge in [-0.3, -0.25) is 9.59 Å². The van der Waals surface area contributed by atoms with E-state index < -0.39 is 0 Å². The van der Waals surface area contributed by atoms with Crippen LogP contribution in [0.15, 0.2) is 65.5 Å². The van der Waals surface area contributed by atoms with E-state index in [1.165, 1.54) is 16.0 Å². The number of fused-ring (bicyclic) bond motifs is 1. The first kappa shape index (κ1) is 23.2. The molecule has 0 saturated carbocycles. The molecule has 0 spiro atoms. The minimum Gasteiger partial charge on any atom is -0.378 e. The van der Waals surface area contributed by atoms with Crippen molar-refractivity contribution in [1.29, 1.82) is 0 Å². The van der Waals surface area contributed by atoms with E-state index in [4.69, 9.17) is 9.72 Å². The fourth-order valence-electron chi connectivity index (χ4n) is 4.25. The van der Waals surface area contributed by atoms with Crippen LogP contribution in [0.2, 0.25) is 0 Å². The Morgan fingerprint density at radius 1 is 1.06 bits per heavy atom. The number of nitrogens with zero attached hydrogens (tertiary/aromatic N) is 5. The number of para-hydroxylation sites is 1. The van der Waals surface area contributed by atoms with Crippen LogP contribution in [0, 0.1) is 0 Å². The molecule has 1 aliphatic heterocycles. The Labute approximate surface area is 207 Å². The summed E-state index contributed by atoms with van der Waals surface area (Å²) in [5.41, 5.74) is 2.29. The van der Waals surface area contributed by atoms with Crippen LogP contribution in [0.25, 0.3) is 21.5 Å². The average Bonchev–Trinajstić information content (AvgIpc) is 3.33. The van der Waals surface area contributed by atoms with Crippen molar-refractivity contribution >= 4 is 38.3 Å². The van der Waals surface area contributed by atoms with E-state index in [1.54, 1.807) is 4.90 Å². The summed E-state index contributed by atoms with van der Waals surface area (Å²) in [6, 6.07) is 19.1. The van der Waals surface area contributed by atoms with Gasteiger partial charge in [-0.25, -0.2) is 9.67 Å². The highest BCUT2D eigenvalue weighted by Gasteiger charge is 2.24. The van der Waals surface area contributed by atoms with Gasteiger partial charge in [-0.15, -0.1) is 0 Å². The molecular weight excluding hydrogens is 462 g/mol. The van der Waals surface area contributed by atoms with Gasteiger partial charge in [-0.2, -0.15) is 5.10 Å². The SMILES string of the molecule is CC(C)N(C(=O)Cn1nc(-c2ccccc2)c2sc(N3CCOCC3)nc2c1=O)c1ccccc1. The van der Waals surface area contributed by atoms with E-state index in [0.29, 0.717) is 24.4 Å². The van der Waals surface area contributed by atoms with Crippen LogP contribution in [0.1, 0.15) is 13.8 Å². The van der Waals surface area contributed by atoms with Gasteiger partial charge in [-0.1, -0.05) is 59.9 Å². The van der Waals surface area contributed by atoms with Gasteiger partial charge >= 0.3 is 0 Å².